The highest BCUT2D eigenvalue weighted by molar-refractivity contribution is 5.97. The first-order valence-corrected chi connectivity index (χ1v) is 7.18. The molecule has 0 fully saturated rings. The van der Waals surface area contributed by atoms with E-state index in [9.17, 15) is 0 Å². The lowest BCUT2D eigenvalue weighted by Gasteiger charge is -2.15. The SMILES string of the molecule is Cl.NC(=NC(c1ccccc1)c1ccccc1)c1cccnc1. The van der Waals surface area contributed by atoms with Crippen molar-refractivity contribution in [3.05, 3.63) is 102 Å². The monoisotopic (exact) mass is 323 g/mol. The summed E-state index contributed by atoms with van der Waals surface area (Å²) in [5.41, 5.74) is 9.24. The average Bonchev–Trinajstić information content (AvgIpc) is 2.62. The lowest BCUT2D eigenvalue weighted by Crippen LogP contribution is -2.16. The van der Waals surface area contributed by atoms with Crippen LogP contribution >= 0.6 is 12.4 Å². The molecule has 116 valence electrons. The van der Waals surface area contributed by atoms with E-state index in [1.807, 2.05) is 48.5 Å². The van der Waals surface area contributed by atoms with Crippen molar-refractivity contribution in [3.8, 4) is 0 Å². The summed E-state index contributed by atoms with van der Waals surface area (Å²) in [6.07, 6.45) is 3.45. The molecule has 3 rings (SSSR count). The Balaban J connectivity index is 0.00000192. The predicted octanol–water partition coefficient (Wildman–Crippen LogP) is 4.00. The van der Waals surface area contributed by atoms with Gasteiger partial charge in [0.15, 0.2) is 0 Å². The van der Waals surface area contributed by atoms with Gasteiger partial charge in [0.05, 0.1) is 0 Å². The van der Waals surface area contributed by atoms with Crippen LogP contribution in [0.25, 0.3) is 0 Å². The van der Waals surface area contributed by atoms with Crippen molar-refractivity contribution >= 4 is 18.2 Å². The molecule has 0 atom stereocenters. The third-order valence-electron chi connectivity index (χ3n) is 3.46. The Bertz CT molecular complexity index is 704. The molecular formula is C19H18ClN3. The molecule has 3 nitrogen and oxygen atoms in total. The second-order valence-corrected chi connectivity index (χ2v) is 4.98. The number of aromatic nitrogens is 1. The molecule has 0 bridgehead atoms. The zero-order valence-corrected chi connectivity index (χ0v) is 13.4. The van der Waals surface area contributed by atoms with Crippen molar-refractivity contribution in [1.29, 1.82) is 0 Å². The lowest BCUT2D eigenvalue weighted by molar-refractivity contribution is 0.870. The molecule has 2 aromatic carbocycles. The minimum Gasteiger partial charge on any atom is -0.383 e. The maximum absolute atomic E-state index is 6.18. The van der Waals surface area contributed by atoms with Gasteiger partial charge in [-0.1, -0.05) is 60.7 Å². The average molecular weight is 324 g/mol. The van der Waals surface area contributed by atoms with Crippen LogP contribution in [0.2, 0.25) is 0 Å². The molecule has 0 amide bonds. The summed E-state index contributed by atoms with van der Waals surface area (Å²) in [4.78, 5) is 8.84. The van der Waals surface area contributed by atoms with E-state index in [1.165, 1.54) is 0 Å². The molecular weight excluding hydrogens is 306 g/mol. The molecule has 0 spiro atoms. The normalized spacial score (nSPS) is 11.1. The van der Waals surface area contributed by atoms with Gasteiger partial charge in [-0.15, -0.1) is 12.4 Å². The molecule has 1 aromatic heterocycles. The molecule has 23 heavy (non-hydrogen) atoms. The molecule has 0 saturated heterocycles. The van der Waals surface area contributed by atoms with Crippen LogP contribution < -0.4 is 5.73 Å². The molecule has 0 radical (unpaired) electrons. The van der Waals surface area contributed by atoms with Gasteiger partial charge in [0.2, 0.25) is 0 Å². The first-order valence-electron chi connectivity index (χ1n) is 7.18. The molecule has 0 saturated carbocycles. The highest BCUT2D eigenvalue weighted by Crippen LogP contribution is 2.26. The van der Waals surface area contributed by atoms with E-state index in [1.54, 1.807) is 12.4 Å². The summed E-state index contributed by atoms with van der Waals surface area (Å²) in [5, 5.41) is 0. The maximum Gasteiger partial charge on any atom is 0.128 e. The minimum absolute atomic E-state index is 0. The fourth-order valence-corrected chi connectivity index (χ4v) is 2.34. The first-order chi connectivity index (χ1) is 10.8. The van der Waals surface area contributed by atoms with E-state index in [4.69, 9.17) is 10.7 Å². The molecule has 2 N–H and O–H groups in total. The zero-order chi connectivity index (χ0) is 15.2. The highest BCUT2D eigenvalue weighted by atomic mass is 35.5. The fraction of sp³-hybridized carbons (Fsp3) is 0.0526. The van der Waals surface area contributed by atoms with Crippen LogP contribution in [-0.2, 0) is 0 Å². The van der Waals surface area contributed by atoms with Gasteiger partial charge in [0, 0.05) is 18.0 Å². The second kappa shape index (κ2) is 8.11. The molecule has 0 aliphatic heterocycles. The predicted molar refractivity (Wildman–Crippen MR) is 96.9 cm³/mol. The maximum atomic E-state index is 6.18. The smallest absolute Gasteiger partial charge is 0.128 e. The van der Waals surface area contributed by atoms with E-state index in [0.717, 1.165) is 16.7 Å². The standard InChI is InChI=1S/C19H17N3.ClH/c20-19(17-12-7-13-21-14-17)22-18(15-8-3-1-4-9-15)16-10-5-2-6-11-16;/h1-14,18H,(H2,20,22);1H. The van der Waals surface area contributed by atoms with Crippen molar-refractivity contribution in [2.24, 2.45) is 10.7 Å². The van der Waals surface area contributed by atoms with Crippen LogP contribution in [0.5, 0.6) is 0 Å². The van der Waals surface area contributed by atoms with Gasteiger partial charge in [0.1, 0.15) is 11.9 Å². The number of pyridine rings is 1. The van der Waals surface area contributed by atoms with Gasteiger partial charge < -0.3 is 5.73 Å². The van der Waals surface area contributed by atoms with Crippen molar-refractivity contribution < 1.29 is 0 Å². The topological polar surface area (TPSA) is 51.3 Å². The third kappa shape index (κ3) is 4.18. The molecule has 0 unspecified atom stereocenters. The third-order valence-corrected chi connectivity index (χ3v) is 3.46. The summed E-state index contributed by atoms with van der Waals surface area (Å²) in [6, 6.07) is 24.0. The summed E-state index contributed by atoms with van der Waals surface area (Å²) >= 11 is 0. The quantitative estimate of drug-likeness (QED) is 0.583. The number of hydrogen-bond acceptors (Lipinski definition) is 2. The Kier molecular flexibility index (Phi) is 5.89. The number of benzene rings is 2. The largest absolute Gasteiger partial charge is 0.383 e. The number of nitrogens with two attached hydrogens (primary N) is 1. The Morgan fingerprint density at radius 2 is 1.39 bits per heavy atom. The summed E-state index contributed by atoms with van der Waals surface area (Å²) in [5.74, 6) is 0.491. The van der Waals surface area contributed by atoms with Gasteiger partial charge in [-0.2, -0.15) is 0 Å². The van der Waals surface area contributed by atoms with E-state index < -0.39 is 0 Å². The first kappa shape index (κ1) is 16.7. The van der Waals surface area contributed by atoms with Crippen LogP contribution in [-0.4, -0.2) is 10.8 Å². The molecule has 0 aliphatic carbocycles. The molecule has 0 aliphatic rings. The Morgan fingerprint density at radius 3 is 1.87 bits per heavy atom. The van der Waals surface area contributed by atoms with Gasteiger partial charge >= 0.3 is 0 Å². The Hall–Kier alpha value is -2.65. The zero-order valence-electron chi connectivity index (χ0n) is 12.5. The van der Waals surface area contributed by atoms with Crippen LogP contribution in [0.3, 0.4) is 0 Å². The van der Waals surface area contributed by atoms with E-state index >= 15 is 0 Å². The van der Waals surface area contributed by atoms with Gasteiger partial charge in [0.25, 0.3) is 0 Å². The van der Waals surface area contributed by atoms with Gasteiger partial charge in [-0.25, -0.2) is 0 Å². The number of hydrogen-bond donors (Lipinski definition) is 1. The highest BCUT2D eigenvalue weighted by Gasteiger charge is 2.13. The number of aliphatic imine (C=N–C) groups is 1. The van der Waals surface area contributed by atoms with Gasteiger partial charge in [-0.3, -0.25) is 9.98 Å². The van der Waals surface area contributed by atoms with Crippen LogP contribution in [0.15, 0.2) is 90.2 Å². The molecule has 4 heteroatoms. The van der Waals surface area contributed by atoms with Crippen molar-refractivity contribution in [3.63, 3.8) is 0 Å². The number of halogens is 1. The van der Waals surface area contributed by atoms with Crippen molar-refractivity contribution in [2.45, 2.75) is 6.04 Å². The van der Waals surface area contributed by atoms with Crippen LogP contribution in [0, 0.1) is 0 Å². The summed E-state index contributed by atoms with van der Waals surface area (Å²) in [6.45, 7) is 0. The van der Waals surface area contributed by atoms with Crippen LogP contribution in [0.4, 0.5) is 0 Å². The summed E-state index contributed by atoms with van der Waals surface area (Å²) in [7, 11) is 0. The van der Waals surface area contributed by atoms with E-state index in [0.29, 0.717) is 5.84 Å². The number of rotatable bonds is 4. The minimum atomic E-state index is -0.123. The molecule has 3 aromatic rings. The van der Waals surface area contributed by atoms with E-state index in [-0.39, 0.29) is 18.4 Å². The fourth-order valence-electron chi connectivity index (χ4n) is 2.34. The Morgan fingerprint density at radius 1 is 0.826 bits per heavy atom. The lowest BCUT2D eigenvalue weighted by atomic mass is 9.99. The van der Waals surface area contributed by atoms with Crippen LogP contribution in [0.1, 0.15) is 22.7 Å². The van der Waals surface area contributed by atoms with Crippen molar-refractivity contribution in [1.82, 2.24) is 4.98 Å². The number of amidine groups is 1. The number of nitrogens with zero attached hydrogens (tertiary/aromatic N) is 2. The van der Waals surface area contributed by atoms with Crippen molar-refractivity contribution in [2.75, 3.05) is 0 Å². The molecule has 1 heterocycles. The Labute approximate surface area is 142 Å². The summed E-state index contributed by atoms with van der Waals surface area (Å²) < 4.78 is 0. The van der Waals surface area contributed by atoms with E-state index in [2.05, 4.69) is 29.2 Å². The van der Waals surface area contributed by atoms with Gasteiger partial charge in [-0.05, 0) is 23.3 Å². The second-order valence-electron chi connectivity index (χ2n) is 4.98.